The maximum atomic E-state index is 13.2. The molecule has 0 radical (unpaired) electrons. The van der Waals surface area contributed by atoms with Crippen molar-refractivity contribution in [1.29, 1.82) is 0 Å². The molecule has 0 saturated carbocycles. The summed E-state index contributed by atoms with van der Waals surface area (Å²) < 4.78 is 13.2. The molecule has 0 spiro atoms. The van der Waals surface area contributed by atoms with Crippen LogP contribution in [0.3, 0.4) is 0 Å². The van der Waals surface area contributed by atoms with Gasteiger partial charge >= 0.3 is 0 Å². The number of benzene rings is 1. The van der Waals surface area contributed by atoms with E-state index in [1.165, 1.54) is 12.1 Å². The highest BCUT2D eigenvalue weighted by molar-refractivity contribution is 5.55. The van der Waals surface area contributed by atoms with Gasteiger partial charge in [-0.1, -0.05) is 18.6 Å². The van der Waals surface area contributed by atoms with E-state index in [1.807, 2.05) is 0 Å². The van der Waals surface area contributed by atoms with Crippen LogP contribution in [0.2, 0.25) is 0 Å². The van der Waals surface area contributed by atoms with E-state index in [-0.39, 0.29) is 11.4 Å². The van der Waals surface area contributed by atoms with Crippen LogP contribution < -0.4 is 5.56 Å². The molecule has 0 unspecified atom stereocenters. The molecule has 98 valence electrons. The van der Waals surface area contributed by atoms with Crippen molar-refractivity contribution in [2.45, 2.75) is 32.1 Å². The minimum Gasteiger partial charge on any atom is -0.306 e. The molecular formula is C15H15FN2O. The molecule has 0 fully saturated rings. The third-order valence-corrected chi connectivity index (χ3v) is 3.54. The quantitative estimate of drug-likeness (QED) is 0.799. The fourth-order valence-corrected chi connectivity index (χ4v) is 2.55. The van der Waals surface area contributed by atoms with Gasteiger partial charge in [-0.2, -0.15) is 0 Å². The van der Waals surface area contributed by atoms with E-state index in [0.29, 0.717) is 11.4 Å². The van der Waals surface area contributed by atoms with Gasteiger partial charge in [-0.25, -0.2) is 9.37 Å². The van der Waals surface area contributed by atoms with Gasteiger partial charge in [0.25, 0.3) is 5.56 Å². The van der Waals surface area contributed by atoms with Crippen LogP contribution in [-0.4, -0.2) is 9.97 Å². The molecular weight excluding hydrogens is 243 g/mol. The topological polar surface area (TPSA) is 45.8 Å². The molecule has 1 aliphatic carbocycles. The Morgan fingerprint density at radius 2 is 2.00 bits per heavy atom. The van der Waals surface area contributed by atoms with Crippen LogP contribution in [0.25, 0.3) is 11.4 Å². The molecule has 1 N–H and O–H groups in total. The molecule has 3 rings (SSSR count). The van der Waals surface area contributed by atoms with Gasteiger partial charge in [0.15, 0.2) is 0 Å². The van der Waals surface area contributed by atoms with Crippen LogP contribution in [0.1, 0.15) is 30.5 Å². The Labute approximate surface area is 110 Å². The third kappa shape index (κ3) is 2.43. The Balaban J connectivity index is 2.11. The first-order chi connectivity index (χ1) is 9.24. The van der Waals surface area contributed by atoms with Gasteiger partial charge in [-0.05, 0) is 37.8 Å². The van der Waals surface area contributed by atoms with E-state index in [2.05, 4.69) is 9.97 Å². The number of fused-ring (bicyclic) bond motifs is 1. The molecule has 0 amide bonds. The molecule has 4 heteroatoms. The normalized spacial score (nSPS) is 14.8. The molecule has 0 bridgehead atoms. The predicted molar refractivity (Wildman–Crippen MR) is 71.5 cm³/mol. The number of hydrogen-bond acceptors (Lipinski definition) is 2. The summed E-state index contributed by atoms with van der Waals surface area (Å²) in [6.45, 7) is 0. The molecule has 3 nitrogen and oxygen atoms in total. The van der Waals surface area contributed by atoms with E-state index in [9.17, 15) is 9.18 Å². The summed E-state index contributed by atoms with van der Waals surface area (Å²) in [6.07, 6.45) is 4.86. The molecule has 1 aromatic carbocycles. The minimum atomic E-state index is -0.324. The van der Waals surface area contributed by atoms with Gasteiger partial charge in [0, 0.05) is 11.1 Å². The highest BCUT2D eigenvalue weighted by Gasteiger charge is 2.15. The van der Waals surface area contributed by atoms with Gasteiger partial charge in [-0.15, -0.1) is 0 Å². The largest absolute Gasteiger partial charge is 0.306 e. The number of aromatic amines is 1. The smallest absolute Gasteiger partial charge is 0.254 e. The molecule has 0 atom stereocenters. The summed E-state index contributed by atoms with van der Waals surface area (Å²) in [5.74, 6) is 0.139. The van der Waals surface area contributed by atoms with E-state index < -0.39 is 0 Å². The molecule has 1 aliphatic rings. The lowest BCUT2D eigenvalue weighted by molar-refractivity contribution is 0.628. The number of rotatable bonds is 1. The average Bonchev–Trinajstić information content (AvgIpc) is 2.64. The Hall–Kier alpha value is -1.97. The van der Waals surface area contributed by atoms with Gasteiger partial charge in [-0.3, -0.25) is 4.79 Å². The summed E-state index contributed by atoms with van der Waals surface area (Å²) in [7, 11) is 0. The summed E-state index contributed by atoms with van der Waals surface area (Å²) in [6, 6.07) is 6.15. The van der Waals surface area contributed by atoms with Crippen molar-refractivity contribution in [2.24, 2.45) is 0 Å². The number of H-pyrrole nitrogens is 1. The Morgan fingerprint density at radius 3 is 2.84 bits per heavy atom. The van der Waals surface area contributed by atoms with E-state index in [1.54, 1.807) is 12.1 Å². The minimum absolute atomic E-state index is 0.0776. The van der Waals surface area contributed by atoms with Crippen molar-refractivity contribution in [3.05, 3.63) is 51.7 Å². The van der Waals surface area contributed by atoms with Crippen LogP contribution >= 0.6 is 0 Å². The van der Waals surface area contributed by atoms with Gasteiger partial charge in [0.1, 0.15) is 11.6 Å². The second-order valence-corrected chi connectivity index (χ2v) is 4.91. The number of nitrogens with one attached hydrogen (secondary N) is 1. The lowest BCUT2D eigenvalue weighted by atomic mass is 10.1. The Bertz CT molecular complexity index is 663. The molecule has 1 aromatic heterocycles. The van der Waals surface area contributed by atoms with Gasteiger partial charge < -0.3 is 4.98 Å². The monoisotopic (exact) mass is 258 g/mol. The number of hydrogen-bond donors (Lipinski definition) is 1. The lowest BCUT2D eigenvalue weighted by Crippen LogP contribution is -2.18. The van der Waals surface area contributed by atoms with Crippen molar-refractivity contribution in [2.75, 3.05) is 0 Å². The molecule has 0 saturated heterocycles. The van der Waals surface area contributed by atoms with Gasteiger partial charge in [0.05, 0.1) is 5.69 Å². The predicted octanol–water partition coefficient (Wildman–Crippen LogP) is 2.84. The molecule has 19 heavy (non-hydrogen) atoms. The number of nitrogens with zero attached hydrogens (tertiary/aromatic N) is 1. The lowest BCUT2D eigenvalue weighted by Gasteiger charge is -2.07. The second-order valence-electron chi connectivity index (χ2n) is 4.91. The van der Waals surface area contributed by atoms with E-state index in [4.69, 9.17) is 0 Å². The van der Waals surface area contributed by atoms with Crippen molar-refractivity contribution >= 4 is 0 Å². The maximum absolute atomic E-state index is 13.2. The maximum Gasteiger partial charge on any atom is 0.254 e. The van der Waals surface area contributed by atoms with Crippen LogP contribution in [0, 0.1) is 5.82 Å². The van der Waals surface area contributed by atoms with Crippen LogP contribution in [0.15, 0.2) is 29.1 Å². The van der Waals surface area contributed by atoms with Gasteiger partial charge in [0.2, 0.25) is 0 Å². The second kappa shape index (κ2) is 4.96. The van der Waals surface area contributed by atoms with Crippen molar-refractivity contribution in [1.82, 2.24) is 9.97 Å². The van der Waals surface area contributed by atoms with E-state index >= 15 is 0 Å². The summed E-state index contributed by atoms with van der Waals surface area (Å²) in [4.78, 5) is 19.4. The fraction of sp³-hybridized carbons (Fsp3) is 0.333. The zero-order valence-corrected chi connectivity index (χ0v) is 10.6. The first kappa shape index (κ1) is 12.1. The standard InChI is InChI=1S/C15H15FN2O/c16-11-6-4-5-10(9-11)14-17-13-8-3-1-2-7-12(13)15(19)18-14/h4-6,9H,1-3,7-8H2,(H,17,18,19). The zero-order chi connectivity index (χ0) is 13.2. The highest BCUT2D eigenvalue weighted by Crippen LogP contribution is 2.20. The van der Waals surface area contributed by atoms with E-state index in [0.717, 1.165) is 43.4 Å². The molecule has 1 heterocycles. The third-order valence-electron chi connectivity index (χ3n) is 3.54. The summed E-state index contributed by atoms with van der Waals surface area (Å²) >= 11 is 0. The van der Waals surface area contributed by atoms with Crippen molar-refractivity contribution in [3.8, 4) is 11.4 Å². The first-order valence-corrected chi connectivity index (χ1v) is 6.62. The number of halogens is 1. The fourth-order valence-electron chi connectivity index (χ4n) is 2.55. The van der Waals surface area contributed by atoms with Crippen molar-refractivity contribution in [3.63, 3.8) is 0 Å². The van der Waals surface area contributed by atoms with Crippen molar-refractivity contribution < 1.29 is 4.39 Å². The SMILES string of the molecule is O=c1[nH]c(-c2cccc(F)c2)nc2c1CCCCC2. The van der Waals surface area contributed by atoms with Crippen LogP contribution in [0.5, 0.6) is 0 Å². The zero-order valence-electron chi connectivity index (χ0n) is 10.6. The van der Waals surface area contributed by atoms with Crippen LogP contribution in [-0.2, 0) is 12.8 Å². The Morgan fingerprint density at radius 1 is 1.16 bits per heavy atom. The Kier molecular flexibility index (Phi) is 3.15. The summed E-state index contributed by atoms with van der Waals surface area (Å²) in [5, 5.41) is 0. The first-order valence-electron chi connectivity index (χ1n) is 6.62. The highest BCUT2D eigenvalue weighted by atomic mass is 19.1. The molecule has 2 aromatic rings. The summed E-state index contributed by atoms with van der Waals surface area (Å²) in [5.41, 5.74) is 2.22. The number of aryl methyl sites for hydroxylation is 1. The molecule has 0 aliphatic heterocycles. The average molecular weight is 258 g/mol. The van der Waals surface area contributed by atoms with Crippen LogP contribution in [0.4, 0.5) is 4.39 Å². The number of aromatic nitrogens is 2.